The van der Waals surface area contributed by atoms with Crippen LogP contribution in [0.5, 0.6) is 34.5 Å². The van der Waals surface area contributed by atoms with Crippen LogP contribution in [0.3, 0.4) is 0 Å². The third kappa shape index (κ3) is 12.0. The zero-order valence-corrected chi connectivity index (χ0v) is 57.5. The van der Waals surface area contributed by atoms with Crippen LogP contribution < -0.4 is 48.3 Å². The SMILES string of the molecule is CCCC(=O)CCC1(C)Oc2cc(O)ccc2C2C1=CCn1c(=O)n(-c3ccc(C)cc3)c(=O)n12.COC(=O)CCC1(C)Oc2cc(O)ccc2C2C1=CCn1c(=O)n(-c3ccc(C)cc3)c(=O)n12.Cc1ccc(-n2c(=O)n3n(c2=O)C2C(=CC3)C(C)(CCC(=O)O)Oc3cc(O)ccc32)cc1. The molecule has 6 aliphatic heterocycles. The summed E-state index contributed by atoms with van der Waals surface area (Å²) in [6.07, 6.45) is 8.16. The van der Waals surface area contributed by atoms with E-state index in [1.807, 2.05) is 96.2 Å². The molecular formula is C76H77N9O17. The van der Waals surface area contributed by atoms with E-state index in [1.54, 1.807) is 67.6 Å². The maximum atomic E-state index is 13.7. The number of aromatic hydroxyl groups is 3. The Bertz CT molecular complexity index is 5380. The van der Waals surface area contributed by atoms with Crippen LogP contribution in [-0.2, 0) is 38.8 Å². The summed E-state index contributed by atoms with van der Waals surface area (Å²) in [7, 11) is 1.33. The number of benzene rings is 6. The Balaban J connectivity index is 0.000000137. The van der Waals surface area contributed by atoms with Crippen molar-refractivity contribution in [2.45, 2.75) is 154 Å². The third-order valence-electron chi connectivity index (χ3n) is 20.1. The Morgan fingerprint density at radius 1 is 0.441 bits per heavy atom. The van der Waals surface area contributed by atoms with E-state index in [9.17, 15) is 63.6 Å². The Kier molecular flexibility index (Phi) is 17.7. The van der Waals surface area contributed by atoms with Crippen molar-refractivity contribution in [3.63, 3.8) is 0 Å². The average Bonchev–Trinajstić information content (AvgIpc) is 1.47. The largest absolute Gasteiger partial charge is 0.508 e. The van der Waals surface area contributed by atoms with E-state index in [1.165, 1.54) is 70.1 Å². The van der Waals surface area contributed by atoms with Crippen molar-refractivity contribution in [1.29, 1.82) is 0 Å². The summed E-state index contributed by atoms with van der Waals surface area (Å²) in [4.78, 5) is 117. The molecule has 0 bridgehead atoms. The number of allylic oxidation sites excluding steroid dienone is 3. The maximum Gasteiger partial charge on any atom is 0.352 e. The number of carboxylic acids is 1. The van der Waals surface area contributed by atoms with Crippen molar-refractivity contribution in [2.75, 3.05) is 7.11 Å². The number of phenols is 3. The van der Waals surface area contributed by atoms with Gasteiger partial charge in [0.25, 0.3) is 0 Å². The number of aromatic nitrogens is 9. The van der Waals surface area contributed by atoms with Gasteiger partial charge in [0.05, 0.1) is 43.8 Å². The number of carbonyl (C=O) groups excluding carboxylic acids is 2. The van der Waals surface area contributed by atoms with E-state index in [2.05, 4.69) is 0 Å². The van der Waals surface area contributed by atoms with Crippen LogP contribution in [0.2, 0.25) is 0 Å². The molecule has 0 fully saturated rings. The summed E-state index contributed by atoms with van der Waals surface area (Å²) in [5.41, 5.74) is 3.21. The highest BCUT2D eigenvalue weighted by atomic mass is 16.5. The summed E-state index contributed by atoms with van der Waals surface area (Å²) in [6.45, 7) is 13.9. The topological polar surface area (TPSA) is 316 Å². The highest BCUT2D eigenvalue weighted by Gasteiger charge is 2.50. The molecule has 6 atom stereocenters. The van der Waals surface area contributed by atoms with Gasteiger partial charge in [0.2, 0.25) is 0 Å². The van der Waals surface area contributed by atoms with Crippen molar-refractivity contribution in [2.24, 2.45) is 0 Å². The number of aryl methyl sites for hydroxylation is 3. The van der Waals surface area contributed by atoms with Crippen LogP contribution in [0.1, 0.15) is 131 Å². The Labute approximate surface area is 582 Å². The van der Waals surface area contributed by atoms with Gasteiger partial charge in [-0.1, -0.05) is 78.2 Å². The van der Waals surface area contributed by atoms with E-state index in [0.29, 0.717) is 82.3 Å². The summed E-state index contributed by atoms with van der Waals surface area (Å²) in [5.74, 6) is 0.0386. The van der Waals surface area contributed by atoms with E-state index < -0.39 is 75.0 Å². The lowest BCUT2D eigenvalue weighted by Crippen LogP contribution is -2.48. The fourth-order valence-corrected chi connectivity index (χ4v) is 14.7. The summed E-state index contributed by atoms with van der Waals surface area (Å²) in [5, 5.41) is 39.5. The second kappa shape index (κ2) is 26.4. The van der Waals surface area contributed by atoms with Crippen molar-refractivity contribution in [3.05, 3.63) is 259 Å². The number of hydrogen-bond acceptors (Lipinski definition) is 16. The second-order valence-electron chi connectivity index (χ2n) is 27.1. The Morgan fingerprint density at radius 3 is 1.04 bits per heavy atom. The van der Waals surface area contributed by atoms with E-state index in [4.69, 9.17) is 18.9 Å². The van der Waals surface area contributed by atoms with E-state index in [0.717, 1.165) is 43.4 Å². The van der Waals surface area contributed by atoms with Gasteiger partial charge in [-0.25, -0.2) is 70.6 Å². The molecule has 6 unspecified atom stereocenters. The van der Waals surface area contributed by atoms with Gasteiger partial charge in [0.15, 0.2) is 0 Å². The number of fused-ring (bicyclic) bond motifs is 15. The molecule has 528 valence electrons. The van der Waals surface area contributed by atoms with Crippen molar-refractivity contribution >= 4 is 17.7 Å². The van der Waals surface area contributed by atoms with Gasteiger partial charge in [-0.05, 0) is 144 Å². The first-order chi connectivity index (χ1) is 48.7. The van der Waals surface area contributed by atoms with Crippen molar-refractivity contribution in [1.82, 2.24) is 41.8 Å². The molecule has 26 heteroatoms. The first-order valence-electron chi connectivity index (χ1n) is 33.7. The number of esters is 1. The molecule has 0 saturated heterocycles. The molecule has 102 heavy (non-hydrogen) atoms. The number of carbonyl (C=O) groups is 3. The smallest absolute Gasteiger partial charge is 0.352 e. The minimum atomic E-state index is -1.03. The minimum Gasteiger partial charge on any atom is -0.508 e. The van der Waals surface area contributed by atoms with Crippen LogP contribution in [0, 0.1) is 20.8 Å². The molecule has 3 aromatic heterocycles. The molecule has 4 N–H and O–H groups in total. The molecule has 0 amide bonds. The van der Waals surface area contributed by atoms with Gasteiger partial charge in [-0.3, -0.25) is 14.4 Å². The monoisotopic (exact) mass is 1390 g/mol. The number of nitrogens with zero attached hydrogens (tertiary/aromatic N) is 9. The van der Waals surface area contributed by atoms with Gasteiger partial charge >= 0.3 is 46.1 Å². The quantitative estimate of drug-likeness (QED) is 0.0586. The normalized spacial score (nSPS) is 20.5. The molecule has 9 aromatic rings. The molecule has 15 rings (SSSR count). The van der Waals surface area contributed by atoms with Gasteiger partial charge in [0, 0.05) is 73.4 Å². The van der Waals surface area contributed by atoms with Gasteiger partial charge in [0.1, 0.15) is 75.2 Å². The first kappa shape index (κ1) is 68.7. The summed E-state index contributed by atoms with van der Waals surface area (Å²) < 4.78 is 35.8. The Hall–Kier alpha value is -11.8. The minimum absolute atomic E-state index is 0.0132. The number of aliphatic carboxylic acids is 1. The molecule has 6 aromatic carbocycles. The molecule has 9 heterocycles. The molecule has 0 aliphatic carbocycles. The molecule has 0 spiro atoms. The van der Waals surface area contributed by atoms with Crippen molar-refractivity contribution < 1.29 is 53.8 Å². The number of ether oxygens (including phenoxy) is 4. The molecule has 26 nitrogen and oxygen atoms in total. The molecule has 0 radical (unpaired) electrons. The van der Waals surface area contributed by atoms with Crippen LogP contribution in [-0.4, -0.2) is 104 Å². The number of phenolic OH excluding ortho intramolecular Hbond substituents is 3. The fraction of sp³-hybridized carbons (Fsp3) is 0.329. The summed E-state index contributed by atoms with van der Waals surface area (Å²) >= 11 is 0. The number of methoxy groups -OCH3 is 1. The standard InChI is InChI=1S/C27H29N3O5.C25H25N3O6.C24H23N3O6/c1-4-5-19(31)12-14-27(3)22-13-15-28-25(33)29(18-8-6-17(2)7-9-18)26(34)30(28)24(22)21-11-10-20(32)16-23(21)35-27;1-15-4-6-16(7-5-15)27-23(31)26-13-11-19-22(28(26)24(27)32)18-9-8-17(29)14-20(18)34-25(19,2)12-10-21(30)33-3;1-14-3-5-15(6-4-14)26-22(31)25-12-10-18-21(27(25)23(26)32)17-8-7-16(28)13-19(17)33-24(18,2)11-9-20(29)30/h6-11,13,16,24,32H,4-5,12,14-15H2,1-3H3;4-9,11,14,22,29H,10,12-13H2,1-3H3;3-8,10,13,21,28H,9,11-12H2,1-2H3,(H,29,30). The number of ketones is 1. The van der Waals surface area contributed by atoms with Crippen LogP contribution >= 0.6 is 0 Å². The predicted octanol–water partition coefficient (Wildman–Crippen LogP) is 8.45. The maximum absolute atomic E-state index is 13.7. The van der Waals surface area contributed by atoms with Gasteiger partial charge in [-0.2, -0.15) is 0 Å². The van der Waals surface area contributed by atoms with E-state index in [-0.39, 0.29) is 67.9 Å². The lowest BCUT2D eigenvalue weighted by Gasteiger charge is -2.44. The predicted molar refractivity (Wildman–Crippen MR) is 374 cm³/mol. The number of carboxylic acid groups (broad SMARTS) is 1. The average molecular weight is 1390 g/mol. The van der Waals surface area contributed by atoms with E-state index >= 15 is 0 Å². The van der Waals surface area contributed by atoms with Crippen LogP contribution in [0.4, 0.5) is 0 Å². The highest BCUT2D eigenvalue weighted by Crippen LogP contribution is 2.52. The number of hydrogen-bond donors (Lipinski definition) is 4. The third-order valence-corrected chi connectivity index (χ3v) is 20.1. The lowest BCUT2D eigenvalue weighted by molar-refractivity contribution is -0.141. The number of Topliss-reactive ketones (excluding diaryl/α,β-unsaturated/α-hetero) is 1. The molecule has 6 aliphatic rings. The molecule has 0 saturated carbocycles. The zero-order valence-electron chi connectivity index (χ0n) is 57.5. The van der Waals surface area contributed by atoms with Crippen LogP contribution in [0.15, 0.2) is 191 Å². The first-order valence-corrected chi connectivity index (χ1v) is 33.7. The van der Waals surface area contributed by atoms with Gasteiger partial charge < -0.3 is 39.4 Å². The molecular weight excluding hydrogens is 1310 g/mol. The van der Waals surface area contributed by atoms with Gasteiger partial charge in [-0.15, -0.1) is 0 Å². The Morgan fingerprint density at radius 2 is 0.745 bits per heavy atom. The zero-order chi connectivity index (χ0) is 72.6. The number of rotatable bonds is 14. The van der Waals surface area contributed by atoms with Crippen molar-refractivity contribution in [3.8, 4) is 51.6 Å². The van der Waals surface area contributed by atoms with Crippen LogP contribution in [0.25, 0.3) is 17.1 Å². The summed E-state index contributed by atoms with van der Waals surface area (Å²) in [6, 6.07) is 33.8. The highest BCUT2D eigenvalue weighted by molar-refractivity contribution is 5.78. The second-order valence-corrected chi connectivity index (χ2v) is 27.1. The lowest BCUT2D eigenvalue weighted by atomic mass is 9.79. The fourth-order valence-electron chi connectivity index (χ4n) is 14.7.